The maximum atomic E-state index is 13.3. The summed E-state index contributed by atoms with van der Waals surface area (Å²) in [6.07, 6.45) is 4.94. The van der Waals surface area contributed by atoms with Crippen LogP contribution in [0.4, 0.5) is 10.3 Å². The highest BCUT2D eigenvalue weighted by molar-refractivity contribution is 6.21. The number of hydrogen-bond acceptors (Lipinski definition) is 4. The zero-order valence-electron chi connectivity index (χ0n) is 13.1. The first kappa shape index (κ1) is 15.0. The molecule has 2 heterocycles. The van der Waals surface area contributed by atoms with Crippen molar-refractivity contribution in [3.63, 3.8) is 0 Å². The molecule has 1 saturated heterocycles. The van der Waals surface area contributed by atoms with Crippen LogP contribution in [0.25, 0.3) is 0 Å². The number of hydrogen-bond donors (Lipinski definition) is 0. The minimum atomic E-state index is -0.318. The van der Waals surface area contributed by atoms with Gasteiger partial charge in [-0.1, -0.05) is 25.0 Å². The standard InChI is InChI=1S/C17H17FN4O2/c18-12-5-3-4-11(8-12)9-21-10-19-17(20-21)22-15(23)13-6-1-2-7-14(13)16(22)24/h3-5,8,10,13-14H,1-2,6-7,9H2/t13-,14+. The fourth-order valence-electron chi connectivity index (χ4n) is 3.65. The number of carbonyl (C=O) groups is 2. The smallest absolute Gasteiger partial charge is 0.258 e. The van der Waals surface area contributed by atoms with Crippen molar-refractivity contribution in [3.8, 4) is 0 Å². The number of anilines is 1. The molecule has 0 unspecified atom stereocenters. The summed E-state index contributed by atoms with van der Waals surface area (Å²) in [5.41, 5.74) is 0.735. The molecule has 0 bridgehead atoms. The van der Waals surface area contributed by atoms with E-state index < -0.39 is 0 Å². The first-order chi connectivity index (χ1) is 11.6. The second-order valence-corrected chi connectivity index (χ2v) is 6.38. The highest BCUT2D eigenvalue weighted by Crippen LogP contribution is 2.39. The van der Waals surface area contributed by atoms with Crippen LogP contribution in [-0.2, 0) is 16.1 Å². The Morgan fingerprint density at radius 2 is 1.83 bits per heavy atom. The van der Waals surface area contributed by atoms with Crippen molar-refractivity contribution in [2.75, 3.05) is 4.90 Å². The summed E-state index contributed by atoms with van der Waals surface area (Å²) in [5, 5.41) is 4.24. The van der Waals surface area contributed by atoms with Gasteiger partial charge in [-0.25, -0.2) is 14.0 Å². The molecule has 0 radical (unpaired) electrons. The minimum absolute atomic E-state index is 0.121. The van der Waals surface area contributed by atoms with Gasteiger partial charge in [0.05, 0.1) is 18.4 Å². The number of rotatable bonds is 3. The van der Waals surface area contributed by atoms with Gasteiger partial charge in [0.2, 0.25) is 11.8 Å². The van der Waals surface area contributed by atoms with Crippen molar-refractivity contribution < 1.29 is 14.0 Å². The fraction of sp³-hybridized carbons (Fsp3) is 0.412. The molecule has 2 aromatic rings. The first-order valence-corrected chi connectivity index (χ1v) is 8.15. The Labute approximate surface area is 138 Å². The third-order valence-corrected chi connectivity index (χ3v) is 4.80. The van der Waals surface area contributed by atoms with Crippen LogP contribution in [0, 0.1) is 17.7 Å². The molecule has 4 rings (SSSR count). The second-order valence-electron chi connectivity index (χ2n) is 6.38. The van der Waals surface area contributed by atoms with E-state index in [2.05, 4.69) is 10.1 Å². The lowest BCUT2D eigenvalue weighted by molar-refractivity contribution is -0.122. The van der Waals surface area contributed by atoms with E-state index in [0.29, 0.717) is 6.54 Å². The highest BCUT2D eigenvalue weighted by Gasteiger charge is 2.50. The van der Waals surface area contributed by atoms with E-state index in [1.54, 1.807) is 12.1 Å². The molecule has 24 heavy (non-hydrogen) atoms. The molecule has 1 aliphatic carbocycles. The van der Waals surface area contributed by atoms with E-state index in [9.17, 15) is 14.0 Å². The van der Waals surface area contributed by atoms with E-state index in [1.807, 2.05) is 0 Å². The Kier molecular flexibility index (Phi) is 3.63. The van der Waals surface area contributed by atoms with Crippen molar-refractivity contribution >= 4 is 17.8 Å². The lowest BCUT2D eigenvalue weighted by atomic mass is 9.81. The molecule has 6 nitrogen and oxygen atoms in total. The molecule has 0 spiro atoms. The summed E-state index contributed by atoms with van der Waals surface area (Å²) in [5.74, 6) is -1.01. The van der Waals surface area contributed by atoms with Gasteiger partial charge in [0.25, 0.3) is 5.95 Å². The van der Waals surface area contributed by atoms with Crippen LogP contribution in [0.5, 0.6) is 0 Å². The van der Waals surface area contributed by atoms with Crippen LogP contribution in [0.2, 0.25) is 0 Å². The second kappa shape index (κ2) is 5.81. The Hall–Kier alpha value is -2.57. The molecule has 0 N–H and O–H groups in total. The Bertz CT molecular complexity index is 779. The van der Waals surface area contributed by atoms with Gasteiger partial charge in [-0.15, -0.1) is 5.10 Å². The number of halogens is 1. The summed E-state index contributed by atoms with van der Waals surface area (Å²) >= 11 is 0. The van der Waals surface area contributed by atoms with Gasteiger partial charge in [0.15, 0.2) is 0 Å². The largest absolute Gasteiger partial charge is 0.274 e. The van der Waals surface area contributed by atoms with Gasteiger partial charge in [-0.2, -0.15) is 4.98 Å². The maximum Gasteiger partial charge on any atom is 0.258 e. The highest BCUT2D eigenvalue weighted by atomic mass is 19.1. The van der Waals surface area contributed by atoms with E-state index in [-0.39, 0.29) is 35.4 Å². The number of nitrogens with zero attached hydrogens (tertiary/aromatic N) is 4. The monoisotopic (exact) mass is 328 g/mol. The lowest BCUT2D eigenvalue weighted by Gasteiger charge is -2.19. The molecular weight excluding hydrogens is 311 g/mol. The molecule has 1 aromatic heterocycles. The van der Waals surface area contributed by atoms with Crippen molar-refractivity contribution in [2.45, 2.75) is 32.2 Å². The zero-order chi connectivity index (χ0) is 16.7. The number of benzene rings is 1. The summed E-state index contributed by atoms with van der Waals surface area (Å²) in [7, 11) is 0. The van der Waals surface area contributed by atoms with E-state index >= 15 is 0 Å². The molecule has 7 heteroatoms. The number of carbonyl (C=O) groups excluding carboxylic acids is 2. The van der Waals surface area contributed by atoms with E-state index in [0.717, 1.165) is 36.1 Å². The quantitative estimate of drug-likeness (QED) is 0.810. The van der Waals surface area contributed by atoms with Crippen molar-refractivity contribution in [3.05, 3.63) is 42.0 Å². The third-order valence-electron chi connectivity index (χ3n) is 4.80. The average Bonchev–Trinajstić information content (AvgIpc) is 3.11. The predicted octanol–water partition coefficient (Wildman–Crippen LogP) is 2.15. The van der Waals surface area contributed by atoms with Crippen LogP contribution in [0.1, 0.15) is 31.2 Å². The molecule has 1 saturated carbocycles. The van der Waals surface area contributed by atoms with Crippen molar-refractivity contribution in [1.29, 1.82) is 0 Å². The van der Waals surface area contributed by atoms with Crippen molar-refractivity contribution in [1.82, 2.24) is 14.8 Å². The van der Waals surface area contributed by atoms with Gasteiger partial charge in [-0.3, -0.25) is 9.59 Å². The van der Waals surface area contributed by atoms with Crippen LogP contribution in [-0.4, -0.2) is 26.6 Å². The number of amides is 2. The van der Waals surface area contributed by atoms with Crippen LogP contribution in [0.15, 0.2) is 30.6 Å². The maximum absolute atomic E-state index is 13.3. The normalized spacial score (nSPS) is 23.6. The molecule has 1 aliphatic heterocycles. The Morgan fingerprint density at radius 1 is 1.12 bits per heavy atom. The summed E-state index contributed by atoms with van der Waals surface area (Å²) in [6.45, 7) is 0.327. The van der Waals surface area contributed by atoms with Gasteiger partial charge in [0.1, 0.15) is 12.1 Å². The summed E-state index contributed by atoms with van der Waals surface area (Å²) in [4.78, 5) is 30.3. The number of fused-ring (bicyclic) bond motifs is 1. The van der Waals surface area contributed by atoms with Crippen LogP contribution < -0.4 is 4.90 Å². The summed E-state index contributed by atoms with van der Waals surface area (Å²) in [6, 6.07) is 6.20. The molecule has 2 aliphatic rings. The Morgan fingerprint density at radius 3 is 2.50 bits per heavy atom. The van der Waals surface area contributed by atoms with Gasteiger partial charge in [-0.05, 0) is 30.5 Å². The first-order valence-electron chi connectivity index (χ1n) is 8.15. The third kappa shape index (κ3) is 2.50. The number of imide groups is 1. The zero-order valence-corrected chi connectivity index (χ0v) is 13.1. The molecule has 1 aromatic carbocycles. The minimum Gasteiger partial charge on any atom is -0.274 e. The van der Waals surface area contributed by atoms with Gasteiger partial charge < -0.3 is 0 Å². The van der Waals surface area contributed by atoms with E-state index in [1.165, 1.54) is 23.1 Å². The molecule has 2 amide bonds. The fourth-order valence-corrected chi connectivity index (χ4v) is 3.65. The Balaban J connectivity index is 1.56. The number of aromatic nitrogens is 3. The van der Waals surface area contributed by atoms with Crippen molar-refractivity contribution in [2.24, 2.45) is 11.8 Å². The molecule has 2 atom stereocenters. The molecular formula is C17H17FN4O2. The average molecular weight is 328 g/mol. The van der Waals surface area contributed by atoms with E-state index in [4.69, 9.17) is 0 Å². The lowest BCUT2D eigenvalue weighted by Crippen LogP contribution is -2.32. The van der Waals surface area contributed by atoms with Gasteiger partial charge in [0, 0.05) is 0 Å². The summed E-state index contributed by atoms with van der Waals surface area (Å²) < 4.78 is 14.8. The topological polar surface area (TPSA) is 68.1 Å². The molecule has 2 fully saturated rings. The van der Waals surface area contributed by atoms with Crippen LogP contribution in [0.3, 0.4) is 0 Å². The predicted molar refractivity (Wildman–Crippen MR) is 83.5 cm³/mol. The van der Waals surface area contributed by atoms with Gasteiger partial charge >= 0.3 is 0 Å². The van der Waals surface area contributed by atoms with Crippen LogP contribution >= 0.6 is 0 Å². The molecule has 124 valence electrons. The SMILES string of the molecule is O=C1[C@H]2CCCC[C@H]2C(=O)N1c1ncn(Cc2cccc(F)c2)n1.